The highest BCUT2D eigenvalue weighted by Gasteiger charge is 2.93. The highest BCUT2D eigenvalue weighted by molar-refractivity contribution is 5.37. The molecular weight excluding hydrogens is 700 g/mol. The first kappa shape index (κ1) is 38.5. The molecular formula is C16H3F26N. The first-order valence-electron chi connectivity index (χ1n) is 9.32. The summed E-state index contributed by atoms with van der Waals surface area (Å²) < 4.78 is 344. The van der Waals surface area contributed by atoms with Crippen LogP contribution in [0.2, 0.25) is 0 Å². The van der Waals surface area contributed by atoms with Crippen molar-refractivity contribution < 1.29 is 114 Å². The summed E-state index contributed by atoms with van der Waals surface area (Å²) in [6.07, 6.45) is -18.9. The van der Waals surface area contributed by atoms with E-state index >= 15 is 0 Å². The minimum atomic E-state index is -8.79. The predicted molar refractivity (Wildman–Crippen MR) is 80.3 cm³/mol. The van der Waals surface area contributed by atoms with Crippen LogP contribution in [0, 0.1) is 0 Å². The Bertz CT molecular complexity index is 1070. The minimum Gasteiger partial charge on any atom is -0.367 e. The zero-order valence-electron chi connectivity index (χ0n) is 18.5. The standard InChI is InChI=1S/C16H3F26N/c17-5(18,7(21,22)9(25,26)11(29,30)13(33,34)15(37,38)39)3-1-43-2-4(3)6(19,20)8(23,24)10(27,28)12(31,32)14(35,36)16(40,41)42/h1-2,43H. The summed E-state index contributed by atoms with van der Waals surface area (Å²) in [6, 6.07) is 0. The Labute approximate surface area is 215 Å². The van der Waals surface area contributed by atoms with Crippen LogP contribution in [0.4, 0.5) is 114 Å². The molecule has 0 aliphatic rings. The van der Waals surface area contributed by atoms with Crippen LogP contribution in [-0.2, 0) is 11.8 Å². The van der Waals surface area contributed by atoms with E-state index in [-0.39, 0.29) is 0 Å². The Hall–Kier alpha value is -2.54. The molecule has 0 saturated carbocycles. The molecule has 0 aliphatic carbocycles. The molecule has 1 rings (SSSR count). The normalized spacial score (nSPS) is 16.6. The molecule has 1 nitrogen and oxygen atoms in total. The molecule has 1 aromatic heterocycles. The van der Waals surface area contributed by atoms with Crippen LogP contribution in [0.5, 0.6) is 0 Å². The molecule has 0 radical (unpaired) electrons. The predicted octanol–water partition coefficient (Wildman–Crippen LogP) is 9.41. The first-order chi connectivity index (χ1) is 18.2. The monoisotopic (exact) mass is 703 g/mol. The van der Waals surface area contributed by atoms with Crippen LogP contribution in [0.3, 0.4) is 0 Å². The van der Waals surface area contributed by atoms with Gasteiger partial charge in [-0.05, 0) is 0 Å². The summed E-state index contributed by atoms with van der Waals surface area (Å²) in [6.45, 7) is 0. The third-order valence-electron chi connectivity index (χ3n) is 5.29. The molecule has 1 aromatic rings. The fraction of sp³-hybridized carbons (Fsp3) is 0.750. The molecule has 0 unspecified atom stereocenters. The SMILES string of the molecule is FC(F)(F)C(F)(F)C(F)(F)C(F)(F)C(F)(F)C(F)(F)c1c[nH]cc1C(F)(F)C(F)(F)C(F)(F)C(F)(F)C(F)(F)C(F)(F)F. The van der Waals surface area contributed by atoms with E-state index in [1.54, 1.807) is 0 Å². The lowest BCUT2D eigenvalue weighted by Crippen LogP contribution is -2.70. The van der Waals surface area contributed by atoms with E-state index in [0.717, 1.165) is 0 Å². The van der Waals surface area contributed by atoms with E-state index in [1.165, 1.54) is 0 Å². The number of alkyl halides is 26. The molecule has 0 fully saturated rings. The van der Waals surface area contributed by atoms with Gasteiger partial charge < -0.3 is 4.98 Å². The molecule has 0 aliphatic heterocycles. The van der Waals surface area contributed by atoms with Gasteiger partial charge in [-0.25, -0.2) is 0 Å². The molecule has 43 heavy (non-hydrogen) atoms. The molecule has 27 heteroatoms. The van der Waals surface area contributed by atoms with Crippen molar-refractivity contribution >= 4 is 0 Å². The fourth-order valence-electron chi connectivity index (χ4n) is 2.76. The quantitative estimate of drug-likeness (QED) is 0.234. The van der Waals surface area contributed by atoms with Crippen LogP contribution >= 0.6 is 0 Å². The summed E-state index contributed by atoms with van der Waals surface area (Å²) >= 11 is 0. The van der Waals surface area contributed by atoms with E-state index in [0.29, 0.717) is 4.98 Å². The van der Waals surface area contributed by atoms with Crippen LogP contribution in [-0.4, -0.2) is 64.7 Å². The Morgan fingerprint density at radius 2 is 0.465 bits per heavy atom. The molecule has 0 amide bonds. The molecule has 0 saturated heterocycles. The number of aromatic nitrogens is 1. The average molecular weight is 703 g/mol. The summed E-state index contributed by atoms with van der Waals surface area (Å²) in [5.74, 6) is -84.8. The average Bonchev–Trinajstić information content (AvgIpc) is 3.28. The van der Waals surface area contributed by atoms with Gasteiger partial charge in [0.25, 0.3) is 0 Å². The van der Waals surface area contributed by atoms with Crippen molar-refractivity contribution in [1.29, 1.82) is 0 Å². The van der Waals surface area contributed by atoms with Gasteiger partial charge in [0.15, 0.2) is 0 Å². The van der Waals surface area contributed by atoms with Crippen molar-refractivity contribution in [2.45, 2.75) is 71.6 Å². The first-order valence-corrected chi connectivity index (χ1v) is 9.32. The maximum Gasteiger partial charge on any atom is 0.460 e. The van der Waals surface area contributed by atoms with Crippen molar-refractivity contribution in [3.63, 3.8) is 0 Å². The number of rotatable bonds is 10. The second-order valence-electron chi connectivity index (χ2n) is 8.02. The van der Waals surface area contributed by atoms with Gasteiger partial charge in [0, 0.05) is 12.4 Å². The number of aromatic amines is 1. The van der Waals surface area contributed by atoms with E-state index in [2.05, 4.69) is 0 Å². The Morgan fingerprint density at radius 3 is 0.651 bits per heavy atom. The van der Waals surface area contributed by atoms with Gasteiger partial charge in [0.05, 0.1) is 11.1 Å². The van der Waals surface area contributed by atoms with Crippen molar-refractivity contribution in [3.8, 4) is 0 Å². The maximum absolute atomic E-state index is 14.2. The number of hydrogen-bond donors (Lipinski definition) is 1. The summed E-state index contributed by atoms with van der Waals surface area (Å²) in [7, 11) is 0. The van der Waals surface area contributed by atoms with Gasteiger partial charge in [-0.2, -0.15) is 114 Å². The highest BCUT2D eigenvalue weighted by Crippen LogP contribution is 2.65. The smallest absolute Gasteiger partial charge is 0.367 e. The molecule has 0 spiro atoms. The van der Waals surface area contributed by atoms with E-state index in [1.807, 2.05) is 0 Å². The van der Waals surface area contributed by atoms with Crippen molar-refractivity contribution in [2.24, 2.45) is 0 Å². The molecule has 0 bridgehead atoms. The molecule has 0 aromatic carbocycles. The van der Waals surface area contributed by atoms with Gasteiger partial charge in [-0.3, -0.25) is 0 Å². The zero-order valence-corrected chi connectivity index (χ0v) is 18.5. The third kappa shape index (κ3) is 4.62. The summed E-state index contributed by atoms with van der Waals surface area (Å²) in [5.41, 5.74) is -8.34. The van der Waals surface area contributed by atoms with Crippen molar-refractivity contribution in [1.82, 2.24) is 4.98 Å². The van der Waals surface area contributed by atoms with Gasteiger partial charge in [0.1, 0.15) is 0 Å². The van der Waals surface area contributed by atoms with Gasteiger partial charge >= 0.3 is 71.6 Å². The molecule has 1 heterocycles. The molecule has 0 atom stereocenters. The Morgan fingerprint density at radius 1 is 0.279 bits per heavy atom. The van der Waals surface area contributed by atoms with E-state index < -0.39 is 95.1 Å². The molecule has 254 valence electrons. The fourth-order valence-corrected chi connectivity index (χ4v) is 2.76. The number of hydrogen-bond acceptors (Lipinski definition) is 0. The second-order valence-corrected chi connectivity index (χ2v) is 8.02. The van der Waals surface area contributed by atoms with Gasteiger partial charge in [-0.1, -0.05) is 0 Å². The van der Waals surface area contributed by atoms with Crippen molar-refractivity contribution in [2.75, 3.05) is 0 Å². The third-order valence-corrected chi connectivity index (χ3v) is 5.29. The lowest BCUT2D eigenvalue weighted by molar-refractivity contribution is -0.444. The maximum atomic E-state index is 14.2. The van der Waals surface area contributed by atoms with Crippen LogP contribution < -0.4 is 0 Å². The van der Waals surface area contributed by atoms with Crippen molar-refractivity contribution in [3.05, 3.63) is 23.5 Å². The largest absolute Gasteiger partial charge is 0.460 e. The number of nitrogens with one attached hydrogen (secondary N) is 1. The zero-order chi connectivity index (χ0) is 35.3. The Kier molecular flexibility index (Phi) is 8.49. The van der Waals surface area contributed by atoms with E-state index in [9.17, 15) is 114 Å². The molecule has 1 N–H and O–H groups in total. The van der Waals surface area contributed by atoms with Gasteiger partial charge in [0.2, 0.25) is 0 Å². The number of H-pyrrole nitrogens is 1. The van der Waals surface area contributed by atoms with Crippen LogP contribution in [0.15, 0.2) is 12.4 Å². The van der Waals surface area contributed by atoms with Crippen LogP contribution in [0.25, 0.3) is 0 Å². The highest BCUT2D eigenvalue weighted by atomic mass is 19.4. The lowest BCUT2D eigenvalue weighted by atomic mass is 9.86. The van der Waals surface area contributed by atoms with Gasteiger partial charge in [-0.15, -0.1) is 0 Å². The number of halogens is 26. The topological polar surface area (TPSA) is 15.8 Å². The summed E-state index contributed by atoms with van der Waals surface area (Å²) in [5, 5.41) is 0. The van der Waals surface area contributed by atoms with E-state index in [4.69, 9.17) is 0 Å². The second kappa shape index (κ2) is 9.48. The Balaban J connectivity index is 3.95. The van der Waals surface area contributed by atoms with Crippen LogP contribution in [0.1, 0.15) is 11.1 Å². The summed E-state index contributed by atoms with van der Waals surface area (Å²) in [4.78, 5) is 0.496. The minimum absolute atomic E-state index is 0.496. The lowest BCUT2D eigenvalue weighted by Gasteiger charge is -2.41.